The second-order valence-corrected chi connectivity index (χ2v) is 7.69. The Hall–Kier alpha value is -1.91. The summed E-state index contributed by atoms with van der Waals surface area (Å²) in [5.74, 6) is 2.50. The highest BCUT2D eigenvalue weighted by Gasteiger charge is 2.20. The van der Waals surface area contributed by atoms with Crippen molar-refractivity contribution in [3.8, 4) is 11.5 Å². The van der Waals surface area contributed by atoms with Crippen LogP contribution in [0.25, 0.3) is 11.5 Å². The molecule has 27 heavy (non-hydrogen) atoms. The molecule has 8 nitrogen and oxygen atoms in total. The van der Waals surface area contributed by atoms with Gasteiger partial charge in [0.2, 0.25) is 17.7 Å². The number of ether oxygens (including phenoxy) is 1. The van der Waals surface area contributed by atoms with E-state index in [9.17, 15) is 0 Å². The molecule has 10 heteroatoms. The first-order valence-electron chi connectivity index (χ1n) is 8.72. The number of hydrogen-bond acceptors (Lipinski definition) is 8. The number of aromatic nitrogens is 5. The molecule has 1 saturated heterocycles. The van der Waals surface area contributed by atoms with Crippen molar-refractivity contribution in [3.63, 3.8) is 0 Å². The molecule has 1 fully saturated rings. The zero-order valence-corrected chi connectivity index (χ0v) is 17.2. The van der Waals surface area contributed by atoms with Gasteiger partial charge < -0.3 is 14.1 Å². The van der Waals surface area contributed by atoms with Crippen molar-refractivity contribution in [3.05, 3.63) is 34.6 Å². The van der Waals surface area contributed by atoms with Crippen molar-refractivity contribution >= 4 is 33.6 Å². The smallest absolute Gasteiger partial charge is 0.248 e. The molecule has 0 N–H and O–H groups in total. The van der Waals surface area contributed by atoms with Gasteiger partial charge in [-0.2, -0.15) is 0 Å². The minimum Gasteiger partial charge on any atom is -0.420 e. The number of anilines is 1. The predicted molar refractivity (Wildman–Crippen MR) is 106 cm³/mol. The summed E-state index contributed by atoms with van der Waals surface area (Å²) in [5, 5.41) is 17.9. The number of thioether (sulfide) groups is 1. The quantitative estimate of drug-likeness (QED) is 0.529. The fourth-order valence-electron chi connectivity index (χ4n) is 2.84. The lowest BCUT2D eigenvalue weighted by atomic mass is 10.2. The van der Waals surface area contributed by atoms with E-state index in [1.54, 1.807) is 11.8 Å². The lowest BCUT2D eigenvalue weighted by Gasteiger charge is -2.27. The van der Waals surface area contributed by atoms with Crippen molar-refractivity contribution in [2.45, 2.75) is 24.4 Å². The maximum absolute atomic E-state index is 5.81. The summed E-state index contributed by atoms with van der Waals surface area (Å²) in [7, 11) is 0. The van der Waals surface area contributed by atoms with E-state index in [0.29, 0.717) is 17.5 Å². The van der Waals surface area contributed by atoms with Gasteiger partial charge in [-0.25, -0.2) is 0 Å². The first-order chi connectivity index (χ1) is 13.3. The molecule has 3 aromatic rings. The lowest BCUT2D eigenvalue weighted by Crippen LogP contribution is -2.38. The van der Waals surface area contributed by atoms with Crippen molar-refractivity contribution in [1.29, 1.82) is 0 Å². The van der Waals surface area contributed by atoms with Crippen LogP contribution in [0.1, 0.15) is 12.8 Å². The Kier molecular flexibility index (Phi) is 5.74. The summed E-state index contributed by atoms with van der Waals surface area (Å²) in [4.78, 5) is 2.21. The molecule has 0 saturated carbocycles. The van der Waals surface area contributed by atoms with Crippen molar-refractivity contribution < 1.29 is 9.15 Å². The molecule has 1 aliphatic rings. The third kappa shape index (κ3) is 4.02. The first-order valence-corrected chi connectivity index (χ1v) is 10.5. The Morgan fingerprint density at radius 3 is 2.70 bits per heavy atom. The number of hydrogen-bond donors (Lipinski definition) is 0. The summed E-state index contributed by atoms with van der Waals surface area (Å²) in [6.45, 7) is 6.00. The van der Waals surface area contributed by atoms with Crippen LogP contribution in [-0.2, 0) is 17.0 Å². The summed E-state index contributed by atoms with van der Waals surface area (Å²) in [6, 6.07) is 7.78. The fraction of sp³-hybridized carbons (Fsp3) is 0.412. The van der Waals surface area contributed by atoms with E-state index in [1.165, 1.54) is 0 Å². The fourth-order valence-corrected chi connectivity index (χ4v) is 4.13. The monoisotopic (exact) mass is 450 g/mol. The van der Waals surface area contributed by atoms with Crippen LogP contribution < -0.4 is 4.90 Å². The average Bonchev–Trinajstić information content (AvgIpc) is 3.34. The Labute approximate surface area is 169 Å². The van der Waals surface area contributed by atoms with Crippen LogP contribution in [0.4, 0.5) is 5.95 Å². The Morgan fingerprint density at radius 1 is 1.11 bits per heavy atom. The molecular weight excluding hydrogens is 432 g/mol. The standard InChI is InChI=1S/C17H19BrN6O2S/c1-2-24-16(23-7-9-25-10-8-23)21-22-17(24)27-11-14-19-20-15(26-14)12-5-3-4-6-13(12)18/h3-6H,2,7-11H2,1H3. The van der Waals surface area contributed by atoms with E-state index in [0.717, 1.165) is 54.0 Å². The largest absolute Gasteiger partial charge is 0.420 e. The summed E-state index contributed by atoms with van der Waals surface area (Å²) >= 11 is 5.05. The topological polar surface area (TPSA) is 82.1 Å². The van der Waals surface area contributed by atoms with E-state index in [4.69, 9.17) is 9.15 Å². The maximum atomic E-state index is 5.81. The maximum Gasteiger partial charge on any atom is 0.248 e. The molecule has 0 amide bonds. The van der Waals surface area contributed by atoms with Gasteiger partial charge in [0.15, 0.2) is 5.16 Å². The van der Waals surface area contributed by atoms with Gasteiger partial charge in [0.25, 0.3) is 0 Å². The van der Waals surface area contributed by atoms with E-state index < -0.39 is 0 Å². The third-order valence-electron chi connectivity index (χ3n) is 4.20. The van der Waals surface area contributed by atoms with Crippen LogP contribution in [0, 0.1) is 0 Å². The molecule has 0 bridgehead atoms. The van der Waals surface area contributed by atoms with Crippen LogP contribution in [-0.4, -0.2) is 51.3 Å². The molecule has 0 aliphatic carbocycles. The van der Waals surface area contributed by atoms with Gasteiger partial charge in [0.05, 0.1) is 24.5 Å². The first kappa shape index (κ1) is 18.5. The van der Waals surface area contributed by atoms with Crippen molar-refractivity contribution in [2.75, 3.05) is 31.2 Å². The third-order valence-corrected chi connectivity index (χ3v) is 5.85. The number of halogens is 1. The Bertz CT molecular complexity index is 908. The van der Waals surface area contributed by atoms with E-state index in [2.05, 4.69) is 52.7 Å². The summed E-state index contributed by atoms with van der Waals surface area (Å²) in [5.41, 5.74) is 0.882. The lowest BCUT2D eigenvalue weighted by molar-refractivity contribution is 0.121. The highest BCUT2D eigenvalue weighted by molar-refractivity contribution is 9.10. The number of benzene rings is 1. The summed E-state index contributed by atoms with van der Waals surface area (Å²) < 4.78 is 14.3. The SMILES string of the molecule is CCn1c(SCc2nnc(-c3ccccc3Br)o2)nnc1N1CCOCC1. The Morgan fingerprint density at radius 2 is 1.93 bits per heavy atom. The predicted octanol–water partition coefficient (Wildman–Crippen LogP) is 3.24. The van der Waals surface area contributed by atoms with Gasteiger partial charge in [-0.05, 0) is 35.0 Å². The summed E-state index contributed by atoms with van der Waals surface area (Å²) in [6.07, 6.45) is 0. The molecule has 0 radical (unpaired) electrons. The van der Waals surface area contributed by atoms with Gasteiger partial charge >= 0.3 is 0 Å². The van der Waals surface area contributed by atoms with Crippen LogP contribution in [0.3, 0.4) is 0 Å². The highest BCUT2D eigenvalue weighted by atomic mass is 79.9. The Balaban J connectivity index is 1.46. The molecule has 1 aliphatic heterocycles. The molecule has 1 aromatic carbocycles. The molecule has 4 rings (SSSR count). The van der Waals surface area contributed by atoms with Gasteiger partial charge in [-0.15, -0.1) is 20.4 Å². The second-order valence-electron chi connectivity index (χ2n) is 5.90. The number of morpholine rings is 1. The molecule has 0 spiro atoms. The van der Waals surface area contributed by atoms with Crippen LogP contribution in [0.15, 0.2) is 38.3 Å². The highest BCUT2D eigenvalue weighted by Crippen LogP contribution is 2.29. The zero-order chi connectivity index (χ0) is 18.6. The number of nitrogens with zero attached hydrogens (tertiary/aromatic N) is 6. The molecule has 3 heterocycles. The van der Waals surface area contributed by atoms with E-state index >= 15 is 0 Å². The van der Waals surface area contributed by atoms with Crippen molar-refractivity contribution in [2.24, 2.45) is 0 Å². The molecular formula is C17H19BrN6O2S. The minimum atomic E-state index is 0.504. The van der Waals surface area contributed by atoms with Crippen LogP contribution >= 0.6 is 27.7 Å². The molecule has 0 unspecified atom stereocenters. The van der Waals surface area contributed by atoms with E-state index in [-0.39, 0.29) is 0 Å². The molecule has 2 aromatic heterocycles. The molecule has 0 atom stereocenters. The van der Waals surface area contributed by atoms with Gasteiger partial charge in [0, 0.05) is 24.1 Å². The normalized spacial score (nSPS) is 14.7. The average molecular weight is 451 g/mol. The van der Waals surface area contributed by atoms with Gasteiger partial charge in [0.1, 0.15) is 0 Å². The van der Waals surface area contributed by atoms with Crippen LogP contribution in [0.5, 0.6) is 0 Å². The zero-order valence-electron chi connectivity index (χ0n) is 14.8. The van der Waals surface area contributed by atoms with Gasteiger partial charge in [-0.3, -0.25) is 4.57 Å². The van der Waals surface area contributed by atoms with E-state index in [1.807, 2.05) is 24.3 Å². The number of rotatable bonds is 6. The van der Waals surface area contributed by atoms with Crippen molar-refractivity contribution in [1.82, 2.24) is 25.0 Å². The molecule has 142 valence electrons. The van der Waals surface area contributed by atoms with Gasteiger partial charge in [-0.1, -0.05) is 23.9 Å². The van der Waals surface area contributed by atoms with Crippen LogP contribution in [0.2, 0.25) is 0 Å². The second kappa shape index (κ2) is 8.41. The minimum absolute atomic E-state index is 0.504.